The van der Waals surface area contributed by atoms with Gasteiger partial charge in [0, 0.05) is 12.7 Å². The van der Waals surface area contributed by atoms with Crippen LogP contribution in [0.1, 0.15) is 30.9 Å². The lowest BCUT2D eigenvalue weighted by Crippen LogP contribution is -2.41. The second-order valence-electron chi connectivity index (χ2n) is 3.84. The summed E-state index contributed by atoms with van der Waals surface area (Å²) >= 11 is 3.36. The van der Waals surface area contributed by atoms with E-state index in [2.05, 4.69) is 37.4 Å². The fourth-order valence-electron chi connectivity index (χ4n) is 2.13. The van der Waals surface area contributed by atoms with Crippen molar-refractivity contribution in [2.45, 2.75) is 25.3 Å². The summed E-state index contributed by atoms with van der Waals surface area (Å²) in [6.45, 7) is 1.12. The summed E-state index contributed by atoms with van der Waals surface area (Å²) in [5.74, 6) is 0. The lowest BCUT2D eigenvalue weighted by atomic mass is 9.98. The first-order valence-corrected chi connectivity index (χ1v) is 6.16. The monoisotopic (exact) mass is 269 g/mol. The fraction of sp³-hybridized carbons (Fsp3) is 0.545. The molecule has 1 aromatic rings. The summed E-state index contributed by atoms with van der Waals surface area (Å²) in [5.41, 5.74) is 4.56. The number of hydrogen-bond donors (Lipinski definition) is 1. The van der Waals surface area contributed by atoms with Crippen molar-refractivity contribution in [2.75, 3.05) is 13.6 Å². The largest absolute Gasteiger partial charge is 0.258 e. The molecule has 2 heterocycles. The van der Waals surface area contributed by atoms with Gasteiger partial charge in [-0.2, -0.15) is 0 Å². The topological polar surface area (TPSA) is 28.2 Å². The highest BCUT2D eigenvalue weighted by molar-refractivity contribution is 9.10. The molecule has 1 atom stereocenters. The van der Waals surface area contributed by atoms with Crippen molar-refractivity contribution in [1.29, 1.82) is 0 Å². The second-order valence-corrected chi connectivity index (χ2v) is 4.66. The maximum atomic E-state index is 4.29. The lowest BCUT2D eigenvalue weighted by molar-refractivity contribution is 0.0982. The van der Waals surface area contributed by atoms with Crippen LogP contribution >= 0.6 is 15.9 Å². The third-order valence-electron chi connectivity index (χ3n) is 2.93. The van der Waals surface area contributed by atoms with Gasteiger partial charge in [0.25, 0.3) is 0 Å². The van der Waals surface area contributed by atoms with Crippen LogP contribution in [0.3, 0.4) is 0 Å². The maximum Gasteiger partial charge on any atom is 0.106 e. The van der Waals surface area contributed by atoms with Crippen molar-refractivity contribution in [3.8, 4) is 0 Å². The first kappa shape index (κ1) is 11.0. The van der Waals surface area contributed by atoms with E-state index in [1.54, 1.807) is 0 Å². The van der Waals surface area contributed by atoms with Crippen LogP contribution in [-0.2, 0) is 0 Å². The number of nitrogens with one attached hydrogen (secondary N) is 1. The molecule has 0 aromatic carbocycles. The van der Waals surface area contributed by atoms with E-state index in [4.69, 9.17) is 0 Å². The molecule has 1 N–H and O–H groups in total. The Kier molecular flexibility index (Phi) is 3.72. The van der Waals surface area contributed by atoms with Crippen LogP contribution < -0.4 is 5.43 Å². The van der Waals surface area contributed by atoms with Gasteiger partial charge >= 0.3 is 0 Å². The molecular weight excluding hydrogens is 254 g/mol. The zero-order valence-corrected chi connectivity index (χ0v) is 10.5. The number of piperidine rings is 1. The molecule has 15 heavy (non-hydrogen) atoms. The van der Waals surface area contributed by atoms with Crippen LogP contribution in [0.2, 0.25) is 0 Å². The number of hydrogen-bond acceptors (Lipinski definition) is 3. The Bertz CT molecular complexity index is 312. The fourth-order valence-corrected chi connectivity index (χ4v) is 2.36. The predicted octanol–water partition coefficient (Wildman–Crippen LogP) is 2.51. The highest BCUT2D eigenvalue weighted by Gasteiger charge is 2.22. The molecule has 1 fully saturated rings. The van der Waals surface area contributed by atoms with Crippen LogP contribution in [0.5, 0.6) is 0 Å². The number of rotatable bonds is 2. The number of aromatic nitrogens is 1. The first-order valence-electron chi connectivity index (χ1n) is 5.37. The van der Waals surface area contributed by atoms with E-state index in [0.717, 1.165) is 11.1 Å². The molecule has 82 valence electrons. The number of hydrazine groups is 1. The Morgan fingerprint density at radius 1 is 1.47 bits per heavy atom. The molecule has 0 spiro atoms. The van der Waals surface area contributed by atoms with Gasteiger partial charge in [-0.15, -0.1) is 0 Å². The summed E-state index contributed by atoms with van der Waals surface area (Å²) in [5, 5.41) is 2.30. The molecule has 1 saturated heterocycles. The van der Waals surface area contributed by atoms with E-state index < -0.39 is 0 Å². The average molecular weight is 270 g/mol. The Morgan fingerprint density at radius 2 is 2.33 bits per heavy atom. The Balaban J connectivity index is 2.16. The maximum absolute atomic E-state index is 4.29. The molecule has 2 rings (SSSR count). The van der Waals surface area contributed by atoms with Crippen molar-refractivity contribution >= 4 is 15.9 Å². The minimum Gasteiger partial charge on any atom is -0.258 e. The van der Waals surface area contributed by atoms with E-state index in [-0.39, 0.29) is 0 Å². The smallest absolute Gasteiger partial charge is 0.106 e. The minimum atomic E-state index is 0.476. The summed E-state index contributed by atoms with van der Waals surface area (Å²) in [6.07, 6.45) is 5.76. The third-order valence-corrected chi connectivity index (χ3v) is 3.39. The van der Waals surface area contributed by atoms with Gasteiger partial charge in [-0.3, -0.25) is 5.43 Å². The van der Waals surface area contributed by atoms with E-state index >= 15 is 0 Å². The van der Waals surface area contributed by atoms with E-state index in [0.29, 0.717) is 6.04 Å². The van der Waals surface area contributed by atoms with Gasteiger partial charge < -0.3 is 0 Å². The van der Waals surface area contributed by atoms with Crippen molar-refractivity contribution in [3.63, 3.8) is 0 Å². The molecule has 3 nitrogen and oxygen atoms in total. The summed E-state index contributed by atoms with van der Waals surface area (Å²) in [6, 6.07) is 4.64. The normalized spacial score (nSPS) is 22.9. The number of pyridine rings is 1. The number of nitrogens with zero attached hydrogens (tertiary/aromatic N) is 2. The van der Waals surface area contributed by atoms with E-state index in [1.807, 2.05) is 19.3 Å². The summed E-state index contributed by atoms with van der Waals surface area (Å²) < 4.78 is 0.901. The predicted molar refractivity (Wildman–Crippen MR) is 64.3 cm³/mol. The van der Waals surface area contributed by atoms with Gasteiger partial charge in [0.2, 0.25) is 0 Å². The molecule has 4 heteroatoms. The van der Waals surface area contributed by atoms with Gasteiger partial charge in [-0.05, 0) is 47.4 Å². The van der Waals surface area contributed by atoms with Crippen LogP contribution in [0.4, 0.5) is 0 Å². The highest BCUT2D eigenvalue weighted by Crippen LogP contribution is 2.28. The summed E-state index contributed by atoms with van der Waals surface area (Å²) in [4.78, 5) is 4.29. The van der Waals surface area contributed by atoms with Crippen LogP contribution in [0.25, 0.3) is 0 Å². The molecule has 0 radical (unpaired) electrons. The van der Waals surface area contributed by atoms with Gasteiger partial charge in [0.1, 0.15) is 4.60 Å². The van der Waals surface area contributed by atoms with E-state index in [9.17, 15) is 0 Å². The summed E-state index contributed by atoms with van der Waals surface area (Å²) in [7, 11) is 1.99. The third kappa shape index (κ3) is 2.56. The lowest BCUT2D eigenvalue weighted by Gasteiger charge is -2.34. The minimum absolute atomic E-state index is 0.476. The Labute approximate surface area is 99.0 Å². The molecule has 1 aromatic heterocycles. The molecule has 0 amide bonds. The zero-order chi connectivity index (χ0) is 10.7. The molecule has 0 unspecified atom stereocenters. The van der Waals surface area contributed by atoms with Gasteiger partial charge in [-0.1, -0.05) is 12.5 Å². The average Bonchev–Trinajstić information content (AvgIpc) is 2.30. The van der Waals surface area contributed by atoms with Crippen molar-refractivity contribution < 1.29 is 0 Å². The molecule has 0 bridgehead atoms. The van der Waals surface area contributed by atoms with Crippen LogP contribution in [0.15, 0.2) is 22.9 Å². The van der Waals surface area contributed by atoms with Gasteiger partial charge in [0.05, 0.1) is 6.04 Å². The zero-order valence-electron chi connectivity index (χ0n) is 8.91. The molecule has 1 aliphatic heterocycles. The number of halogens is 1. The quantitative estimate of drug-likeness (QED) is 0.837. The second kappa shape index (κ2) is 5.05. The standard InChI is InChI=1S/C11H16BrN3/c1-13-15-7-3-2-4-10(15)9-5-6-11(12)14-8-9/h5-6,8,10,13H,2-4,7H2,1H3/t10-/m0/s1. The SMILES string of the molecule is CNN1CCCC[C@H]1c1ccc(Br)nc1. The highest BCUT2D eigenvalue weighted by atomic mass is 79.9. The molecular formula is C11H16BrN3. The molecule has 0 saturated carbocycles. The van der Waals surface area contributed by atoms with Crippen LogP contribution in [-0.4, -0.2) is 23.6 Å². The first-order chi connectivity index (χ1) is 7.31. The van der Waals surface area contributed by atoms with Crippen LogP contribution in [0, 0.1) is 0 Å². The Morgan fingerprint density at radius 3 is 3.00 bits per heavy atom. The molecule has 1 aliphatic rings. The van der Waals surface area contributed by atoms with Gasteiger partial charge in [0.15, 0.2) is 0 Å². The Hall–Kier alpha value is -0.450. The van der Waals surface area contributed by atoms with Crippen molar-refractivity contribution in [2.24, 2.45) is 0 Å². The van der Waals surface area contributed by atoms with Gasteiger partial charge in [-0.25, -0.2) is 9.99 Å². The van der Waals surface area contributed by atoms with E-state index in [1.165, 1.54) is 24.8 Å². The molecule has 0 aliphatic carbocycles. The van der Waals surface area contributed by atoms with Crippen molar-refractivity contribution in [1.82, 2.24) is 15.4 Å². The van der Waals surface area contributed by atoms with Crippen molar-refractivity contribution in [3.05, 3.63) is 28.5 Å².